The van der Waals surface area contributed by atoms with Gasteiger partial charge in [-0.3, -0.25) is 14.7 Å². The van der Waals surface area contributed by atoms with E-state index in [1.165, 1.54) is 23.5 Å². The van der Waals surface area contributed by atoms with Gasteiger partial charge in [-0.05, 0) is 48.4 Å². The van der Waals surface area contributed by atoms with Gasteiger partial charge in [-0.2, -0.15) is 0 Å². The van der Waals surface area contributed by atoms with Crippen molar-refractivity contribution in [2.45, 2.75) is 19.9 Å². The Morgan fingerprint density at radius 1 is 1.10 bits per heavy atom. The first kappa shape index (κ1) is 20.0. The lowest BCUT2D eigenvalue weighted by atomic mass is 10.1. The van der Waals surface area contributed by atoms with Crippen molar-refractivity contribution in [3.05, 3.63) is 83.9 Å². The second kappa shape index (κ2) is 9.00. The van der Waals surface area contributed by atoms with E-state index in [1.807, 2.05) is 37.3 Å². The summed E-state index contributed by atoms with van der Waals surface area (Å²) in [6.45, 7) is 2.81. The number of ether oxygens (including phenoxy) is 1. The zero-order valence-electron chi connectivity index (χ0n) is 16.4. The number of para-hydroxylation sites is 1. The smallest absolute Gasteiger partial charge is 0.233 e. The van der Waals surface area contributed by atoms with Crippen LogP contribution in [0.5, 0.6) is 5.75 Å². The van der Waals surface area contributed by atoms with E-state index in [0.29, 0.717) is 24.0 Å². The Hall–Kier alpha value is -3.32. The number of carbonyl (C=O) groups is 1. The molecule has 5 nitrogen and oxygen atoms in total. The van der Waals surface area contributed by atoms with Crippen LogP contribution in [0.3, 0.4) is 0 Å². The van der Waals surface area contributed by atoms with Crippen molar-refractivity contribution < 1.29 is 13.9 Å². The third-order valence-corrected chi connectivity index (χ3v) is 5.58. The van der Waals surface area contributed by atoms with Crippen molar-refractivity contribution in [2.24, 2.45) is 0 Å². The summed E-state index contributed by atoms with van der Waals surface area (Å²) in [5.74, 6) is 0.250. The Kier molecular flexibility index (Phi) is 5.99. The largest absolute Gasteiger partial charge is 0.492 e. The number of nitrogens with zero attached hydrogens (tertiary/aromatic N) is 3. The number of aromatic nitrogens is 2. The van der Waals surface area contributed by atoms with Gasteiger partial charge in [0.2, 0.25) is 5.91 Å². The first-order valence-corrected chi connectivity index (χ1v) is 10.4. The summed E-state index contributed by atoms with van der Waals surface area (Å²) >= 11 is 1.44. The van der Waals surface area contributed by atoms with Crippen molar-refractivity contribution in [3.63, 3.8) is 0 Å². The van der Waals surface area contributed by atoms with Gasteiger partial charge in [0.25, 0.3) is 0 Å². The molecule has 0 saturated heterocycles. The number of fused-ring (bicyclic) bond motifs is 1. The van der Waals surface area contributed by atoms with Crippen LogP contribution in [-0.2, 0) is 17.8 Å². The zero-order valence-corrected chi connectivity index (χ0v) is 17.2. The molecule has 4 rings (SSSR count). The average molecular weight is 421 g/mol. The fourth-order valence-electron chi connectivity index (χ4n) is 3.11. The van der Waals surface area contributed by atoms with Gasteiger partial charge < -0.3 is 4.74 Å². The molecular formula is C23H20FN3O2S. The van der Waals surface area contributed by atoms with Crippen LogP contribution in [-0.4, -0.2) is 22.5 Å². The van der Waals surface area contributed by atoms with Crippen molar-refractivity contribution in [1.29, 1.82) is 0 Å². The quantitative estimate of drug-likeness (QED) is 0.421. The number of carbonyl (C=O) groups excluding carboxylic acids is 1. The Morgan fingerprint density at radius 3 is 2.67 bits per heavy atom. The van der Waals surface area contributed by atoms with E-state index in [4.69, 9.17) is 9.72 Å². The molecular weight excluding hydrogens is 401 g/mol. The Labute approximate surface area is 177 Å². The third kappa shape index (κ3) is 4.46. The molecule has 0 N–H and O–H groups in total. The van der Waals surface area contributed by atoms with E-state index in [2.05, 4.69) is 4.98 Å². The maximum Gasteiger partial charge on any atom is 0.233 e. The Morgan fingerprint density at radius 2 is 1.93 bits per heavy atom. The molecule has 30 heavy (non-hydrogen) atoms. The predicted molar refractivity (Wildman–Crippen MR) is 116 cm³/mol. The van der Waals surface area contributed by atoms with Crippen LogP contribution in [0.15, 0.2) is 67.0 Å². The second-order valence-electron chi connectivity index (χ2n) is 6.68. The van der Waals surface area contributed by atoms with Crippen LogP contribution in [0.25, 0.3) is 10.2 Å². The SMILES string of the molecule is CCOc1cccc2sc(N(Cc3cccnc3)C(=O)Cc3ccc(F)cc3)nc12. The minimum absolute atomic E-state index is 0.123. The topological polar surface area (TPSA) is 55.3 Å². The van der Waals surface area contributed by atoms with E-state index in [-0.39, 0.29) is 18.1 Å². The molecule has 152 valence electrons. The number of anilines is 1. The Bertz CT molecular complexity index is 1150. The summed E-state index contributed by atoms with van der Waals surface area (Å²) in [5.41, 5.74) is 2.38. The highest BCUT2D eigenvalue weighted by Gasteiger charge is 2.22. The van der Waals surface area contributed by atoms with Crippen molar-refractivity contribution in [2.75, 3.05) is 11.5 Å². The zero-order chi connectivity index (χ0) is 20.9. The van der Waals surface area contributed by atoms with Crippen LogP contribution < -0.4 is 9.64 Å². The predicted octanol–water partition coefficient (Wildman–Crippen LogP) is 5.01. The maximum absolute atomic E-state index is 13.2. The number of hydrogen-bond acceptors (Lipinski definition) is 5. The molecule has 0 bridgehead atoms. The second-order valence-corrected chi connectivity index (χ2v) is 7.69. The maximum atomic E-state index is 13.2. The highest BCUT2D eigenvalue weighted by atomic mass is 32.1. The van der Waals surface area contributed by atoms with Crippen molar-refractivity contribution >= 4 is 32.6 Å². The molecule has 0 aliphatic heterocycles. The van der Waals surface area contributed by atoms with Gasteiger partial charge in [0.1, 0.15) is 17.1 Å². The van der Waals surface area contributed by atoms with E-state index in [9.17, 15) is 9.18 Å². The van der Waals surface area contributed by atoms with Gasteiger partial charge in [-0.15, -0.1) is 0 Å². The van der Waals surface area contributed by atoms with Gasteiger partial charge in [-0.25, -0.2) is 9.37 Å². The van der Waals surface area contributed by atoms with Crippen LogP contribution in [0.2, 0.25) is 0 Å². The fourth-order valence-corrected chi connectivity index (χ4v) is 4.11. The number of rotatable bonds is 7. The molecule has 0 saturated carbocycles. The summed E-state index contributed by atoms with van der Waals surface area (Å²) in [6.07, 6.45) is 3.58. The number of benzene rings is 2. The molecule has 0 spiro atoms. The molecule has 1 amide bonds. The minimum Gasteiger partial charge on any atom is -0.492 e. The summed E-state index contributed by atoms with van der Waals surface area (Å²) in [4.78, 5) is 23.8. The molecule has 4 aromatic rings. The Balaban J connectivity index is 1.69. The van der Waals surface area contributed by atoms with E-state index < -0.39 is 0 Å². The summed E-state index contributed by atoms with van der Waals surface area (Å²) in [6, 6.07) is 15.5. The molecule has 2 heterocycles. The van der Waals surface area contributed by atoms with E-state index in [1.54, 1.807) is 29.4 Å². The van der Waals surface area contributed by atoms with Crippen LogP contribution in [0.4, 0.5) is 9.52 Å². The standard InChI is InChI=1S/C23H20FN3O2S/c1-2-29-19-6-3-7-20-22(19)26-23(30-20)27(15-17-5-4-12-25-14-17)21(28)13-16-8-10-18(24)11-9-16/h3-12,14H,2,13,15H2,1H3. The highest BCUT2D eigenvalue weighted by molar-refractivity contribution is 7.22. The highest BCUT2D eigenvalue weighted by Crippen LogP contribution is 2.35. The first-order chi connectivity index (χ1) is 14.6. The van der Waals surface area contributed by atoms with Gasteiger partial charge in [-0.1, -0.05) is 35.6 Å². The first-order valence-electron chi connectivity index (χ1n) is 9.60. The van der Waals surface area contributed by atoms with Gasteiger partial charge in [0.05, 0.1) is 24.3 Å². The molecule has 0 aliphatic rings. The molecule has 0 atom stereocenters. The van der Waals surface area contributed by atoms with Gasteiger partial charge >= 0.3 is 0 Å². The van der Waals surface area contributed by atoms with E-state index >= 15 is 0 Å². The lowest BCUT2D eigenvalue weighted by Crippen LogP contribution is -2.31. The summed E-state index contributed by atoms with van der Waals surface area (Å²) in [5, 5.41) is 0.591. The molecule has 0 fully saturated rings. The molecule has 0 aliphatic carbocycles. The fraction of sp³-hybridized carbons (Fsp3) is 0.174. The molecule has 2 aromatic heterocycles. The third-order valence-electron chi connectivity index (χ3n) is 4.53. The number of hydrogen-bond donors (Lipinski definition) is 0. The summed E-state index contributed by atoms with van der Waals surface area (Å²) in [7, 11) is 0. The minimum atomic E-state index is -0.326. The number of pyridine rings is 1. The average Bonchev–Trinajstić information content (AvgIpc) is 3.19. The lowest BCUT2D eigenvalue weighted by molar-refractivity contribution is -0.118. The lowest BCUT2D eigenvalue weighted by Gasteiger charge is -2.20. The van der Waals surface area contributed by atoms with Crippen molar-refractivity contribution in [3.8, 4) is 5.75 Å². The van der Waals surface area contributed by atoms with Crippen molar-refractivity contribution in [1.82, 2.24) is 9.97 Å². The van der Waals surface area contributed by atoms with Gasteiger partial charge in [0.15, 0.2) is 5.13 Å². The van der Waals surface area contributed by atoms with Crippen LogP contribution >= 0.6 is 11.3 Å². The molecule has 0 unspecified atom stereocenters. The molecule has 2 aromatic carbocycles. The van der Waals surface area contributed by atoms with E-state index in [0.717, 1.165) is 21.3 Å². The monoisotopic (exact) mass is 421 g/mol. The van der Waals surface area contributed by atoms with Crippen LogP contribution in [0.1, 0.15) is 18.1 Å². The normalized spacial score (nSPS) is 10.9. The number of amides is 1. The summed E-state index contributed by atoms with van der Waals surface area (Å²) < 4.78 is 19.9. The number of thiazole rings is 1. The molecule has 0 radical (unpaired) electrons. The van der Waals surface area contributed by atoms with Gasteiger partial charge in [0, 0.05) is 12.4 Å². The number of halogens is 1. The van der Waals surface area contributed by atoms with Crippen LogP contribution in [0, 0.1) is 5.82 Å². The molecule has 7 heteroatoms.